The predicted octanol–water partition coefficient (Wildman–Crippen LogP) is 11.4. The number of aliphatic hydroxyl groups excluding tert-OH is 1. The number of phosphoric ester groups is 1. The van der Waals surface area contributed by atoms with Gasteiger partial charge in [-0.25, -0.2) is 4.57 Å². The van der Waals surface area contributed by atoms with Crippen molar-refractivity contribution in [2.45, 2.75) is 154 Å². The molecule has 0 aromatic rings. The maximum Gasteiger partial charge on any atom is 0.472 e. The highest BCUT2D eigenvalue weighted by Crippen LogP contribution is 2.43. The van der Waals surface area contributed by atoms with E-state index >= 15 is 0 Å². The van der Waals surface area contributed by atoms with Crippen LogP contribution >= 0.6 is 7.82 Å². The Kier molecular flexibility index (Phi) is 34.8. The summed E-state index contributed by atoms with van der Waals surface area (Å²) in [6, 6.07) is -0.890. The SMILES string of the molecule is CC/C=C\C/C=C\C/C=C\C/C=C\C/C=C\C/C=C\CCC(=O)N[C@H](COP(=O)(O)OCC[N+](C)(C)C)[C@@H](O)/C=C/CCCCCCCCCCCCC. The van der Waals surface area contributed by atoms with Gasteiger partial charge in [-0.05, 0) is 57.8 Å². The molecule has 0 bridgehead atoms. The number of nitrogens with zero attached hydrogens (tertiary/aromatic N) is 1. The van der Waals surface area contributed by atoms with Crippen LogP contribution in [0.2, 0.25) is 0 Å². The number of carbonyl (C=O) groups is 1. The van der Waals surface area contributed by atoms with E-state index in [0.29, 0.717) is 17.4 Å². The van der Waals surface area contributed by atoms with Crippen molar-refractivity contribution in [2.75, 3.05) is 40.9 Å². The van der Waals surface area contributed by atoms with Gasteiger partial charge in [0.05, 0.1) is 39.9 Å². The number of carbonyl (C=O) groups excluding carboxylic acids is 1. The lowest BCUT2D eigenvalue weighted by Crippen LogP contribution is -2.45. The number of phosphoric acid groups is 1. The van der Waals surface area contributed by atoms with Gasteiger partial charge in [-0.3, -0.25) is 13.8 Å². The Morgan fingerprint density at radius 3 is 1.59 bits per heavy atom. The minimum Gasteiger partial charge on any atom is -0.387 e. The number of quaternary nitrogens is 1. The van der Waals surface area contributed by atoms with Crippen LogP contribution in [0.4, 0.5) is 0 Å². The third-order valence-electron chi connectivity index (χ3n) is 8.63. The van der Waals surface area contributed by atoms with Gasteiger partial charge >= 0.3 is 7.82 Å². The number of hydrogen-bond donors (Lipinski definition) is 3. The molecular formula is C45H80N2O6P+. The molecular weight excluding hydrogens is 695 g/mol. The van der Waals surface area contributed by atoms with Gasteiger partial charge in [0.1, 0.15) is 13.2 Å². The Bertz CT molecular complexity index is 1150. The minimum absolute atomic E-state index is 0.0433. The first kappa shape index (κ1) is 51.7. The number of unbranched alkanes of at least 4 members (excludes halogenated alkanes) is 11. The van der Waals surface area contributed by atoms with Crippen LogP contribution < -0.4 is 5.32 Å². The molecule has 0 spiro atoms. The Morgan fingerprint density at radius 1 is 0.648 bits per heavy atom. The number of rotatable bonds is 36. The Labute approximate surface area is 331 Å². The summed E-state index contributed by atoms with van der Waals surface area (Å²) in [6.45, 7) is 4.60. The van der Waals surface area contributed by atoms with E-state index < -0.39 is 20.0 Å². The molecule has 0 rings (SSSR count). The number of aliphatic hydroxyl groups is 1. The Hall–Kier alpha value is -2.32. The molecule has 0 radical (unpaired) electrons. The molecule has 310 valence electrons. The molecule has 0 saturated carbocycles. The summed E-state index contributed by atoms with van der Waals surface area (Å²) >= 11 is 0. The fourth-order valence-corrected chi connectivity index (χ4v) is 6.03. The second-order valence-corrected chi connectivity index (χ2v) is 16.4. The maximum atomic E-state index is 12.8. The van der Waals surface area contributed by atoms with Crippen LogP contribution in [0.5, 0.6) is 0 Å². The number of likely N-dealkylation sites (N-methyl/N-ethyl adjacent to an activating group) is 1. The van der Waals surface area contributed by atoms with Crippen molar-refractivity contribution in [2.24, 2.45) is 0 Å². The summed E-state index contributed by atoms with van der Waals surface area (Å²) in [7, 11) is 1.51. The van der Waals surface area contributed by atoms with Gasteiger partial charge in [0, 0.05) is 6.42 Å². The van der Waals surface area contributed by atoms with Crippen molar-refractivity contribution in [1.29, 1.82) is 0 Å². The molecule has 3 N–H and O–H groups in total. The average Bonchev–Trinajstić information content (AvgIpc) is 3.12. The maximum absolute atomic E-state index is 12.8. The predicted molar refractivity (Wildman–Crippen MR) is 230 cm³/mol. The van der Waals surface area contributed by atoms with Crippen molar-refractivity contribution in [1.82, 2.24) is 5.32 Å². The quantitative estimate of drug-likeness (QED) is 0.0253. The molecule has 0 saturated heterocycles. The van der Waals surface area contributed by atoms with Gasteiger partial charge in [0.25, 0.3) is 0 Å². The molecule has 0 aromatic carbocycles. The van der Waals surface area contributed by atoms with Gasteiger partial charge in [-0.1, -0.05) is 163 Å². The zero-order valence-electron chi connectivity index (χ0n) is 34.9. The Morgan fingerprint density at radius 2 is 1.11 bits per heavy atom. The van der Waals surface area contributed by atoms with E-state index in [1.807, 2.05) is 39.4 Å². The monoisotopic (exact) mass is 776 g/mol. The third-order valence-corrected chi connectivity index (χ3v) is 9.62. The Balaban J connectivity index is 4.63. The molecule has 0 aromatic heterocycles. The fourth-order valence-electron chi connectivity index (χ4n) is 5.30. The van der Waals surface area contributed by atoms with Crippen LogP contribution in [0.1, 0.15) is 142 Å². The van der Waals surface area contributed by atoms with E-state index in [0.717, 1.165) is 57.8 Å². The minimum atomic E-state index is -4.36. The molecule has 0 aliphatic rings. The molecule has 3 atom stereocenters. The molecule has 0 heterocycles. The van der Waals surface area contributed by atoms with Gasteiger partial charge in [-0.2, -0.15) is 0 Å². The van der Waals surface area contributed by atoms with Crippen LogP contribution in [-0.4, -0.2) is 73.4 Å². The first-order valence-corrected chi connectivity index (χ1v) is 22.5. The standard InChI is InChI=1S/C45H79N2O6P/c1-6-8-10-12-14-16-18-20-21-22-23-24-25-27-29-31-33-35-37-39-45(49)46-43(42-53-54(50,51)52-41-40-47(3,4)5)44(48)38-36-34-32-30-28-26-19-17-15-13-11-9-7-2/h8,10,14,16,20-21,23-24,27,29,33,35-36,38,43-44,48H,6-7,9,11-13,15,17-19,22,25-26,28,30-32,34,37,39-42H2,1-5H3,(H-,46,49,50,51)/p+1/b10-8-,16-14-,21-20-,24-23-,29-27-,35-33-,38-36+/t43-,44+/m1/s1. The highest BCUT2D eigenvalue weighted by molar-refractivity contribution is 7.47. The summed E-state index contributed by atoms with van der Waals surface area (Å²) in [6.07, 6.45) is 49.5. The summed E-state index contributed by atoms with van der Waals surface area (Å²) in [5, 5.41) is 13.7. The van der Waals surface area contributed by atoms with Gasteiger partial charge in [0.2, 0.25) is 5.91 Å². The van der Waals surface area contributed by atoms with Crippen LogP contribution in [-0.2, 0) is 18.4 Å². The zero-order valence-corrected chi connectivity index (χ0v) is 35.8. The van der Waals surface area contributed by atoms with Crippen molar-refractivity contribution in [3.8, 4) is 0 Å². The molecule has 1 amide bonds. The summed E-state index contributed by atoms with van der Waals surface area (Å²) < 4.78 is 23.5. The highest BCUT2D eigenvalue weighted by Gasteiger charge is 2.27. The van der Waals surface area contributed by atoms with Crippen LogP contribution in [0.3, 0.4) is 0 Å². The summed E-state index contributed by atoms with van der Waals surface area (Å²) in [4.78, 5) is 23.0. The molecule has 9 heteroatoms. The van der Waals surface area contributed by atoms with Crippen molar-refractivity contribution in [3.63, 3.8) is 0 Å². The third kappa shape index (κ3) is 38.0. The van der Waals surface area contributed by atoms with Gasteiger partial charge < -0.3 is 19.8 Å². The number of hydrogen-bond acceptors (Lipinski definition) is 5. The van der Waals surface area contributed by atoms with E-state index in [1.54, 1.807) is 6.08 Å². The van der Waals surface area contributed by atoms with Crippen molar-refractivity contribution < 1.29 is 32.9 Å². The van der Waals surface area contributed by atoms with E-state index in [1.165, 1.54) is 57.8 Å². The van der Waals surface area contributed by atoms with Crippen LogP contribution in [0.15, 0.2) is 85.1 Å². The first-order chi connectivity index (χ1) is 26.0. The van der Waals surface area contributed by atoms with Crippen molar-refractivity contribution in [3.05, 3.63) is 85.1 Å². The second kappa shape index (κ2) is 36.3. The number of nitrogens with one attached hydrogen (secondary N) is 1. The second-order valence-electron chi connectivity index (χ2n) is 15.0. The number of allylic oxidation sites excluding steroid dienone is 13. The highest BCUT2D eigenvalue weighted by atomic mass is 31.2. The number of amides is 1. The van der Waals surface area contributed by atoms with E-state index in [4.69, 9.17) is 9.05 Å². The molecule has 0 aliphatic heterocycles. The lowest BCUT2D eigenvalue weighted by atomic mass is 10.0. The topological polar surface area (TPSA) is 105 Å². The molecule has 1 unspecified atom stereocenters. The van der Waals surface area contributed by atoms with E-state index in [-0.39, 0.29) is 25.5 Å². The van der Waals surface area contributed by atoms with E-state index in [9.17, 15) is 19.4 Å². The summed E-state index contributed by atoms with van der Waals surface area (Å²) in [5.41, 5.74) is 0. The van der Waals surface area contributed by atoms with Crippen LogP contribution in [0, 0.1) is 0 Å². The normalized spacial score (nSPS) is 15.3. The van der Waals surface area contributed by atoms with E-state index in [2.05, 4.69) is 79.9 Å². The lowest BCUT2D eigenvalue weighted by Gasteiger charge is -2.25. The molecule has 54 heavy (non-hydrogen) atoms. The van der Waals surface area contributed by atoms with Gasteiger partial charge in [0.15, 0.2) is 0 Å². The molecule has 0 aliphatic carbocycles. The van der Waals surface area contributed by atoms with Gasteiger partial charge in [-0.15, -0.1) is 0 Å². The summed E-state index contributed by atoms with van der Waals surface area (Å²) in [5.74, 6) is -0.264. The molecule has 0 fully saturated rings. The largest absolute Gasteiger partial charge is 0.472 e. The first-order valence-electron chi connectivity index (χ1n) is 21.0. The average molecular weight is 776 g/mol. The fraction of sp³-hybridized carbons (Fsp3) is 0.667. The lowest BCUT2D eigenvalue weighted by molar-refractivity contribution is -0.870. The molecule has 8 nitrogen and oxygen atoms in total. The zero-order chi connectivity index (χ0) is 40.0. The van der Waals surface area contributed by atoms with Crippen LogP contribution in [0.25, 0.3) is 0 Å². The smallest absolute Gasteiger partial charge is 0.387 e. The van der Waals surface area contributed by atoms with Crippen molar-refractivity contribution >= 4 is 13.7 Å².